The van der Waals surface area contributed by atoms with Gasteiger partial charge in [-0.25, -0.2) is 0 Å². The van der Waals surface area contributed by atoms with Crippen LogP contribution in [0.1, 0.15) is 58.2 Å². The van der Waals surface area contributed by atoms with Crippen LogP contribution < -0.4 is 0 Å². The lowest BCUT2D eigenvalue weighted by Crippen LogP contribution is -2.17. The molecule has 0 aromatic heterocycles. The van der Waals surface area contributed by atoms with Crippen molar-refractivity contribution in [3.05, 3.63) is 34.9 Å². The maximum atomic E-state index is 3.48. The number of hydrogen-bond donors (Lipinski definition) is 0. The van der Waals surface area contributed by atoms with Gasteiger partial charge in [-0.15, -0.1) is 5.54 Å². The Labute approximate surface area is 127 Å². The van der Waals surface area contributed by atoms with Crippen molar-refractivity contribution in [2.24, 2.45) is 0 Å². The molecule has 0 heterocycles. The van der Waals surface area contributed by atoms with Crippen molar-refractivity contribution in [2.45, 2.75) is 72.0 Å². The third kappa shape index (κ3) is 5.17. The molecule has 1 aromatic rings. The van der Waals surface area contributed by atoms with Crippen LogP contribution in [-0.2, 0) is 10.8 Å². The van der Waals surface area contributed by atoms with Crippen LogP contribution in [0.2, 0.25) is 19.6 Å². The fourth-order valence-corrected chi connectivity index (χ4v) is 2.34. The molecule has 110 valence electrons. The van der Waals surface area contributed by atoms with Gasteiger partial charge in [0.25, 0.3) is 0 Å². The lowest BCUT2D eigenvalue weighted by molar-refractivity contribution is 0.568. The van der Waals surface area contributed by atoms with E-state index in [1.807, 2.05) is 0 Å². The summed E-state index contributed by atoms with van der Waals surface area (Å²) in [5.41, 5.74) is 7.74. The molecular weight excluding hydrogens is 256 g/mol. The molecule has 0 radical (unpaired) electrons. The summed E-state index contributed by atoms with van der Waals surface area (Å²) in [5, 5.41) is 0. The third-order valence-corrected chi connectivity index (χ3v) is 4.12. The average molecular weight is 287 g/mol. The van der Waals surface area contributed by atoms with Crippen molar-refractivity contribution < 1.29 is 0 Å². The first-order valence-corrected chi connectivity index (χ1v) is 11.0. The first kappa shape index (κ1) is 17.0. The third-order valence-electron chi connectivity index (χ3n) is 3.25. The van der Waals surface area contributed by atoms with Crippen molar-refractivity contribution >= 4 is 8.07 Å². The molecule has 0 spiro atoms. The van der Waals surface area contributed by atoms with Crippen LogP contribution in [-0.4, -0.2) is 8.07 Å². The lowest BCUT2D eigenvalue weighted by atomic mass is 9.79. The summed E-state index contributed by atoms with van der Waals surface area (Å²) in [7, 11) is -1.33. The Kier molecular flexibility index (Phi) is 4.61. The Bertz CT molecular complexity index is 502. The summed E-state index contributed by atoms with van der Waals surface area (Å²) in [6.07, 6.45) is 0. The van der Waals surface area contributed by atoms with E-state index in [9.17, 15) is 0 Å². The molecule has 0 saturated carbocycles. The topological polar surface area (TPSA) is 0 Å². The molecule has 0 saturated heterocycles. The van der Waals surface area contributed by atoms with Gasteiger partial charge in [-0.3, -0.25) is 0 Å². The average Bonchev–Trinajstić information content (AvgIpc) is 2.22. The smallest absolute Gasteiger partial charge is 0.127 e. The molecule has 20 heavy (non-hydrogen) atoms. The standard InChI is InChI=1S/C19H30Si/c1-18(2,3)16-12-15(10-11-20(7,8)9)13-17(14-16)19(4,5)6/h12-14H,1-9H3. The van der Waals surface area contributed by atoms with E-state index in [4.69, 9.17) is 0 Å². The summed E-state index contributed by atoms with van der Waals surface area (Å²) >= 11 is 0. The highest BCUT2D eigenvalue weighted by Gasteiger charge is 2.20. The second kappa shape index (κ2) is 5.41. The Morgan fingerprint density at radius 2 is 1.15 bits per heavy atom. The van der Waals surface area contributed by atoms with E-state index < -0.39 is 8.07 Å². The number of benzene rings is 1. The largest absolute Gasteiger partial charge is 0.129 e. The minimum absolute atomic E-state index is 0.164. The van der Waals surface area contributed by atoms with Crippen LogP contribution in [0.3, 0.4) is 0 Å². The van der Waals surface area contributed by atoms with Gasteiger partial charge < -0.3 is 0 Å². The molecule has 1 aromatic carbocycles. The first-order valence-electron chi connectivity index (χ1n) is 7.48. The highest BCUT2D eigenvalue weighted by molar-refractivity contribution is 6.83. The molecule has 0 N–H and O–H groups in total. The van der Waals surface area contributed by atoms with Crippen LogP contribution in [0.5, 0.6) is 0 Å². The van der Waals surface area contributed by atoms with E-state index in [-0.39, 0.29) is 10.8 Å². The van der Waals surface area contributed by atoms with Gasteiger partial charge in [0, 0.05) is 5.56 Å². The van der Waals surface area contributed by atoms with Crippen LogP contribution in [0.25, 0.3) is 0 Å². The molecule has 0 unspecified atom stereocenters. The summed E-state index contributed by atoms with van der Waals surface area (Å²) < 4.78 is 0. The summed E-state index contributed by atoms with van der Waals surface area (Å²) in [5.74, 6) is 3.42. The lowest BCUT2D eigenvalue weighted by Gasteiger charge is -2.25. The summed E-state index contributed by atoms with van der Waals surface area (Å²) in [6, 6.07) is 6.88. The molecule has 1 rings (SSSR count). The molecule has 0 atom stereocenters. The van der Waals surface area contributed by atoms with Crippen LogP contribution in [0, 0.1) is 11.5 Å². The molecule has 1 heteroatoms. The Balaban J connectivity index is 3.42. The van der Waals surface area contributed by atoms with Crippen molar-refractivity contribution in [1.29, 1.82) is 0 Å². The fourth-order valence-electron chi connectivity index (χ4n) is 1.83. The van der Waals surface area contributed by atoms with Crippen LogP contribution >= 0.6 is 0 Å². The SMILES string of the molecule is CC(C)(C)c1cc(C#C[Si](C)(C)C)cc(C(C)(C)C)c1. The Morgan fingerprint density at radius 1 is 0.750 bits per heavy atom. The zero-order valence-corrected chi connectivity index (χ0v) is 15.7. The van der Waals surface area contributed by atoms with Gasteiger partial charge in [0.15, 0.2) is 0 Å². The van der Waals surface area contributed by atoms with Crippen molar-refractivity contribution in [3.63, 3.8) is 0 Å². The van der Waals surface area contributed by atoms with Crippen molar-refractivity contribution in [1.82, 2.24) is 0 Å². The second-order valence-corrected chi connectivity index (χ2v) is 13.5. The van der Waals surface area contributed by atoms with Crippen LogP contribution in [0.15, 0.2) is 18.2 Å². The molecule has 0 aliphatic heterocycles. The number of rotatable bonds is 0. The van der Waals surface area contributed by atoms with E-state index in [0.29, 0.717) is 0 Å². The minimum Gasteiger partial charge on any atom is -0.127 e. The highest BCUT2D eigenvalue weighted by atomic mass is 28.3. The zero-order chi connectivity index (χ0) is 15.8. The molecule has 0 nitrogen and oxygen atoms in total. The molecule has 0 bridgehead atoms. The van der Waals surface area contributed by atoms with E-state index >= 15 is 0 Å². The molecule has 0 amide bonds. The van der Waals surface area contributed by atoms with Gasteiger partial charge in [-0.05, 0) is 34.1 Å². The zero-order valence-electron chi connectivity index (χ0n) is 14.7. The highest BCUT2D eigenvalue weighted by Crippen LogP contribution is 2.30. The van der Waals surface area contributed by atoms with Gasteiger partial charge in [-0.2, -0.15) is 0 Å². The molecule has 0 aliphatic rings. The van der Waals surface area contributed by atoms with E-state index in [2.05, 4.69) is 90.8 Å². The first-order chi connectivity index (χ1) is 8.79. The maximum Gasteiger partial charge on any atom is 0.129 e. The molecule has 0 aliphatic carbocycles. The van der Waals surface area contributed by atoms with E-state index in [0.717, 1.165) is 0 Å². The van der Waals surface area contributed by atoms with Gasteiger partial charge >= 0.3 is 0 Å². The second-order valence-electron chi connectivity index (χ2n) is 8.80. The number of hydrogen-bond acceptors (Lipinski definition) is 0. The monoisotopic (exact) mass is 286 g/mol. The van der Waals surface area contributed by atoms with Gasteiger partial charge in [-0.1, -0.05) is 73.2 Å². The summed E-state index contributed by atoms with van der Waals surface area (Å²) in [4.78, 5) is 0. The quantitative estimate of drug-likeness (QED) is 0.436. The van der Waals surface area contributed by atoms with Gasteiger partial charge in [0.2, 0.25) is 0 Å². The van der Waals surface area contributed by atoms with E-state index in [1.165, 1.54) is 16.7 Å². The van der Waals surface area contributed by atoms with Gasteiger partial charge in [0.1, 0.15) is 8.07 Å². The summed E-state index contributed by atoms with van der Waals surface area (Å²) in [6.45, 7) is 20.5. The molecule has 0 fully saturated rings. The van der Waals surface area contributed by atoms with Gasteiger partial charge in [0.05, 0.1) is 0 Å². The normalized spacial score (nSPS) is 12.8. The fraction of sp³-hybridized carbons (Fsp3) is 0.579. The predicted molar refractivity (Wildman–Crippen MR) is 94.1 cm³/mol. The van der Waals surface area contributed by atoms with Crippen LogP contribution in [0.4, 0.5) is 0 Å². The van der Waals surface area contributed by atoms with Crippen molar-refractivity contribution in [2.75, 3.05) is 0 Å². The minimum atomic E-state index is -1.33. The predicted octanol–water partition coefficient (Wildman–Crippen LogP) is 5.51. The Hall–Kier alpha value is -1.00. The maximum absolute atomic E-state index is 3.48. The Morgan fingerprint density at radius 3 is 1.45 bits per heavy atom. The van der Waals surface area contributed by atoms with Crippen molar-refractivity contribution in [3.8, 4) is 11.5 Å². The molecular formula is C19H30Si. The van der Waals surface area contributed by atoms with E-state index in [1.54, 1.807) is 0 Å².